The molecule has 1 fully saturated rings. The maximum Gasteiger partial charge on any atom is 0.268 e. The van der Waals surface area contributed by atoms with E-state index in [1.807, 2.05) is 11.9 Å². The Labute approximate surface area is 199 Å². The summed E-state index contributed by atoms with van der Waals surface area (Å²) in [4.78, 5) is 44.6. The lowest BCUT2D eigenvalue weighted by Crippen LogP contribution is -2.43. The first-order valence-electron chi connectivity index (χ1n) is 10.8. The summed E-state index contributed by atoms with van der Waals surface area (Å²) in [5.41, 5.74) is 1.29. The smallest absolute Gasteiger partial charge is 0.268 e. The van der Waals surface area contributed by atoms with Crippen LogP contribution in [0.4, 0.5) is 20.2 Å². The molecule has 1 aromatic heterocycles. The maximum absolute atomic E-state index is 13.6. The van der Waals surface area contributed by atoms with Gasteiger partial charge in [0.05, 0.1) is 48.8 Å². The Balaban J connectivity index is 1.43. The first-order valence-corrected chi connectivity index (χ1v) is 10.8. The monoisotopic (exact) mass is 484 g/mol. The molecule has 2 aliphatic heterocycles. The van der Waals surface area contributed by atoms with E-state index < -0.39 is 49.2 Å². The molecule has 10 nitrogen and oxygen atoms in total. The normalized spacial score (nSPS) is 18.2. The molecule has 3 amide bonds. The zero-order valence-electron chi connectivity index (χ0n) is 18.8. The zero-order valence-corrected chi connectivity index (χ0v) is 18.8. The third kappa shape index (κ3) is 5.13. The molecule has 0 saturated carbocycles. The fraction of sp³-hybridized carbons (Fsp3) is 0.348. The molecule has 4 rings (SSSR count). The van der Waals surface area contributed by atoms with Gasteiger partial charge in [-0.2, -0.15) is 5.26 Å². The highest BCUT2D eigenvalue weighted by molar-refractivity contribution is 6.09. The molecule has 182 valence electrons. The van der Waals surface area contributed by atoms with Crippen LogP contribution in [-0.4, -0.2) is 72.9 Å². The molecule has 2 N–H and O–H groups in total. The molecule has 1 unspecified atom stereocenters. The van der Waals surface area contributed by atoms with Gasteiger partial charge < -0.3 is 25.2 Å². The number of benzene rings is 1. The van der Waals surface area contributed by atoms with Crippen molar-refractivity contribution < 1.29 is 27.9 Å². The molecule has 1 atom stereocenters. The first kappa shape index (κ1) is 23.9. The van der Waals surface area contributed by atoms with Gasteiger partial charge >= 0.3 is 0 Å². The Hall–Kier alpha value is -4.27. The van der Waals surface area contributed by atoms with Crippen molar-refractivity contribution in [2.45, 2.75) is 18.4 Å². The summed E-state index contributed by atoms with van der Waals surface area (Å²) in [6, 6.07) is 6.77. The maximum atomic E-state index is 13.6. The number of anilines is 2. The molecule has 0 bridgehead atoms. The molecule has 2 aromatic rings. The Morgan fingerprint density at radius 3 is 2.86 bits per heavy atom. The highest BCUT2D eigenvalue weighted by Gasteiger charge is 2.47. The average Bonchev–Trinajstić information content (AvgIpc) is 3.17. The van der Waals surface area contributed by atoms with Crippen molar-refractivity contribution in [1.82, 2.24) is 15.2 Å². The van der Waals surface area contributed by atoms with Gasteiger partial charge in [-0.15, -0.1) is 0 Å². The number of hydrogen-bond donors (Lipinski definition) is 2. The lowest BCUT2D eigenvalue weighted by molar-refractivity contribution is -0.131. The number of nitrogens with zero attached hydrogens (tertiary/aromatic N) is 4. The topological polar surface area (TPSA) is 128 Å². The summed E-state index contributed by atoms with van der Waals surface area (Å²) in [7, 11) is 1.92. The standard InChI is InChI=1S/C23H22F2N6O4/c1-30-6-7-35-19-8-14(2-3-18(19)30)21(33)29-17-11-27-5-4-16(17)22(34)28-12-20(32)31-13-23(24,25)9-15(31)10-26/h2-5,8,11,15H,6-7,9,12-13H2,1H3,(H,28,34)(H,29,33). The second kappa shape index (κ2) is 9.54. The molecule has 0 spiro atoms. The molecule has 3 heterocycles. The van der Waals surface area contributed by atoms with Gasteiger partial charge in [0.25, 0.3) is 17.7 Å². The van der Waals surface area contributed by atoms with Crippen LogP contribution in [0.3, 0.4) is 0 Å². The van der Waals surface area contributed by atoms with Crippen molar-refractivity contribution in [3.8, 4) is 11.8 Å². The van der Waals surface area contributed by atoms with E-state index in [9.17, 15) is 23.2 Å². The van der Waals surface area contributed by atoms with Crippen LogP contribution < -0.4 is 20.3 Å². The lowest BCUT2D eigenvalue weighted by atomic mass is 10.1. The van der Waals surface area contributed by atoms with Crippen LogP contribution in [0.1, 0.15) is 27.1 Å². The third-order valence-electron chi connectivity index (χ3n) is 5.77. The molecule has 0 aliphatic carbocycles. The number of likely N-dealkylation sites (tertiary alicyclic amines) is 1. The molecule has 1 saturated heterocycles. The number of fused-ring (bicyclic) bond motifs is 1. The van der Waals surface area contributed by atoms with Crippen LogP contribution in [0.15, 0.2) is 36.7 Å². The first-order chi connectivity index (χ1) is 16.7. The van der Waals surface area contributed by atoms with E-state index in [4.69, 9.17) is 10.00 Å². The lowest BCUT2D eigenvalue weighted by Gasteiger charge is -2.27. The van der Waals surface area contributed by atoms with Gasteiger partial charge in [-0.1, -0.05) is 0 Å². The molecular formula is C23H22F2N6O4. The Bertz CT molecular complexity index is 1210. The quantitative estimate of drug-likeness (QED) is 0.661. The zero-order chi connectivity index (χ0) is 25.2. The van der Waals surface area contributed by atoms with Crippen LogP contribution in [-0.2, 0) is 4.79 Å². The van der Waals surface area contributed by atoms with E-state index in [-0.39, 0.29) is 11.3 Å². The number of rotatable bonds is 5. The number of halogens is 2. The molecule has 0 radical (unpaired) electrons. The summed E-state index contributed by atoms with van der Waals surface area (Å²) < 4.78 is 32.8. The van der Waals surface area contributed by atoms with Crippen LogP contribution in [0, 0.1) is 11.3 Å². The van der Waals surface area contributed by atoms with E-state index in [0.29, 0.717) is 17.9 Å². The van der Waals surface area contributed by atoms with E-state index in [1.165, 1.54) is 18.5 Å². The highest BCUT2D eigenvalue weighted by atomic mass is 19.3. The van der Waals surface area contributed by atoms with E-state index in [1.54, 1.807) is 24.3 Å². The fourth-order valence-electron chi connectivity index (χ4n) is 3.93. The summed E-state index contributed by atoms with van der Waals surface area (Å²) in [5, 5.41) is 14.0. The number of amides is 3. The number of aromatic nitrogens is 1. The summed E-state index contributed by atoms with van der Waals surface area (Å²) in [5.74, 6) is -4.61. The van der Waals surface area contributed by atoms with Crippen LogP contribution in [0.2, 0.25) is 0 Å². The number of likely N-dealkylation sites (N-methyl/N-ethyl adjacent to an activating group) is 1. The second-order valence-electron chi connectivity index (χ2n) is 8.24. The van der Waals surface area contributed by atoms with Crippen molar-refractivity contribution in [3.05, 3.63) is 47.8 Å². The number of ether oxygens (including phenoxy) is 1. The molecule has 12 heteroatoms. The van der Waals surface area contributed by atoms with Crippen LogP contribution >= 0.6 is 0 Å². The SMILES string of the molecule is CN1CCOc2cc(C(=O)Nc3cnccc3C(=O)NCC(=O)N3CC(F)(F)CC3C#N)ccc21. The number of pyridine rings is 1. The van der Waals surface area contributed by atoms with E-state index >= 15 is 0 Å². The Kier molecular flexibility index (Phi) is 6.50. The molecule has 2 aliphatic rings. The number of nitrogens with one attached hydrogen (secondary N) is 2. The minimum absolute atomic E-state index is 0.0266. The summed E-state index contributed by atoms with van der Waals surface area (Å²) >= 11 is 0. The van der Waals surface area contributed by atoms with Crippen molar-refractivity contribution in [2.24, 2.45) is 0 Å². The molecule has 1 aromatic carbocycles. The van der Waals surface area contributed by atoms with Crippen molar-refractivity contribution in [2.75, 3.05) is 43.5 Å². The fourth-order valence-corrected chi connectivity index (χ4v) is 3.93. The van der Waals surface area contributed by atoms with Gasteiger partial charge in [0, 0.05) is 25.2 Å². The van der Waals surface area contributed by atoms with Gasteiger partial charge in [0.1, 0.15) is 18.4 Å². The van der Waals surface area contributed by atoms with Gasteiger partial charge in [-0.05, 0) is 24.3 Å². The van der Waals surface area contributed by atoms with Crippen LogP contribution in [0.5, 0.6) is 5.75 Å². The molecular weight excluding hydrogens is 462 g/mol. The minimum atomic E-state index is -3.15. The molecule has 35 heavy (non-hydrogen) atoms. The van der Waals surface area contributed by atoms with Gasteiger partial charge in [-0.3, -0.25) is 19.4 Å². The van der Waals surface area contributed by atoms with E-state index in [0.717, 1.165) is 17.1 Å². The largest absolute Gasteiger partial charge is 0.490 e. The number of carbonyl (C=O) groups excluding carboxylic acids is 3. The summed E-state index contributed by atoms with van der Waals surface area (Å²) in [6.07, 6.45) is 1.87. The number of alkyl halides is 2. The number of nitriles is 1. The predicted molar refractivity (Wildman–Crippen MR) is 120 cm³/mol. The van der Waals surface area contributed by atoms with Crippen molar-refractivity contribution in [3.63, 3.8) is 0 Å². The third-order valence-corrected chi connectivity index (χ3v) is 5.77. The van der Waals surface area contributed by atoms with Crippen LogP contribution in [0.25, 0.3) is 0 Å². The number of carbonyl (C=O) groups is 3. The van der Waals surface area contributed by atoms with E-state index in [2.05, 4.69) is 15.6 Å². The summed E-state index contributed by atoms with van der Waals surface area (Å²) in [6.45, 7) is -0.244. The van der Waals surface area contributed by atoms with Gasteiger partial charge in [-0.25, -0.2) is 8.78 Å². The number of hydrogen-bond acceptors (Lipinski definition) is 7. The second-order valence-corrected chi connectivity index (χ2v) is 8.24. The van der Waals surface area contributed by atoms with Crippen molar-refractivity contribution >= 4 is 29.1 Å². The highest BCUT2D eigenvalue weighted by Crippen LogP contribution is 2.32. The Morgan fingerprint density at radius 2 is 2.09 bits per heavy atom. The van der Waals surface area contributed by atoms with Gasteiger partial charge in [0.15, 0.2) is 0 Å². The van der Waals surface area contributed by atoms with Gasteiger partial charge in [0.2, 0.25) is 5.91 Å². The Morgan fingerprint density at radius 1 is 1.29 bits per heavy atom. The van der Waals surface area contributed by atoms with Crippen molar-refractivity contribution in [1.29, 1.82) is 5.26 Å². The predicted octanol–water partition coefficient (Wildman–Crippen LogP) is 1.65. The average molecular weight is 484 g/mol. The minimum Gasteiger partial charge on any atom is -0.490 e.